The van der Waals surface area contributed by atoms with Crippen molar-refractivity contribution in [3.8, 4) is 0 Å². The van der Waals surface area contributed by atoms with E-state index in [0.29, 0.717) is 20.1 Å². The van der Waals surface area contributed by atoms with Gasteiger partial charge in [-0.1, -0.05) is 102 Å². The first kappa shape index (κ1) is 52.1. The summed E-state index contributed by atoms with van der Waals surface area (Å²) in [4.78, 5) is 55.9. The van der Waals surface area contributed by atoms with Crippen LogP contribution in [0.25, 0.3) is 0 Å². The molecule has 2 amide bonds. The number of halogens is 4. The minimum Gasteiger partial charge on any atom is -0.469 e. The summed E-state index contributed by atoms with van der Waals surface area (Å²) in [5.41, 5.74) is 0.234. The van der Waals surface area contributed by atoms with E-state index in [-0.39, 0.29) is 57.1 Å². The normalized spacial score (nSPS) is 25.8. The average molecular weight is 1000 g/mol. The number of carbonyl (C=O) groups is 4. The Hall–Kier alpha value is -4.24. The van der Waals surface area contributed by atoms with Crippen LogP contribution in [0.3, 0.4) is 0 Å². The summed E-state index contributed by atoms with van der Waals surface area (Å²) in [6.45, 7) is 2.85. The molecule has 0 unspecified atom stereocenters. The SMILES string of the molecule is C.COC(=O)C[C@@]1(C)O[C@H](c2cccc(Cl)c2)[C@@H](c2ccc(Cl)cc2)N([C@H](CO)C2CC2)C1=O.COC(=O)C[C@]1(C)O[C@H](c2cccc(Cl)c2)[C@@H](c2ccc(Cl)cc2)N([C@H](CO)C2CC2)C1=O. The highest BCUT2D eigenvalue weighted by Gasteiger charge is 2.57. The van der Waals surface area contributed by atoms with Gasteiger partial charge in [-0.05, 0) is 122 Å². The van der Waals surface area contributed by atoms with Crippen LogP contribution in [0.2, 0.25) is 20.1 Å². The summed E-state index contributed by atoms with van der Waals surface area (Å²) in [5.74, 6) is -1.42. The highest BCUT2D eigenvalue weighted by Crippen LogP contribution is 2.52. The number of ether oxygens (including phenoxy) is 4. The zero-order chi connectivity index (χ0) is 47.5. The number of esters is 2. The summed E-state index contributed by atoms with van der Waals surface area (Å²) in [5, 5.41) is 22.9. The fraction of sp³-hybridized carbons (Fsp3) is 0.451. The van der Waals surface area contributed by atoms with Crippen molar-refractivity contribution in [3.63, 3.8) is 0 Å². The Kier molecular flexibility index (Phi) is 17.1. The molecule has 2 aliphatic heterocycles. The second-order valence-corrected chi connectivity index (χ2v) is 19.5. The number of benzene rings is 4. The van der Waals surface area contributed by atoms with Crippen LogP contribution >= 0.6 is 46.4 Å². The van der Waals surface area contributed by atoms with E-state index in [2.05, 4.69) is 0 Å². The second-order valence-electron chi connectivity index (χ2n) is 17.7. The number of amides is 2. The van der Waals surface area contributed by atoms with Gasteiger partial charge in [-0.15, -0.1) is 0 Å². The van der Waals surface area contributed by atoms with Gasteiger partial charge in [0.05, 0.1) is 64.4 Å². The molecule has 0 spiro atoms. The maximum atomic E-state index is 14.0. The maximum absolute atomic E-state index is 14.0. The first-order valence-electron chi connectivity index (χ1n) is 21.9. The van der Waals surface area contributed by atoms with E-state index in [1.807, 2.05) is 48.5 Å². The molecule has 2 N–H and O–H groups in total. The third kappa shape index (κ3) is 11.6. The van der Waals surface area contributed by atoms with Crippen LogP contribution in [0.4, 0.5) is 0 Å². The first-order chi connectivity index (χ1) is 31.5. The van der Waals surface area contributed by atoms with Crippen molar-refractivity contribution >= 4 is 70.2 Å². The van der Waals surface area contributed by atoms with Crippen LogP contribution in [0.1, 0.15) is 106 Å². The summed E-state index contributed by atoms with van der Waals surface area (Å²) in [6.07, 6.45) is 1.96. The minimum absolute atomic E-state index is 0. The molecule has 4 aromatic carbocycles. The molecule has 0 bridgehead atoms. The van der Waals surface area contributed by atoms with Gasteiger partial charge in [-0.2, -0.15) is 0 Å². The number of morpholine rings is 2. The molecule has 2 aliphatic carbocycles. The van der Waals surface area contributed by atoms with Crippen molar-refractivity contribution in [1.29, 1.82) is 0 Å². The van der Waals surface area contributed by atoms with E-state index in [4.69, 9.17) is 65.4 Å². The van der Waals surface area contributed by atoms with Crippen molar-refractivity contribution in [2.45, 2.75) is 107 Å². The Morgan fingerprint density at radius 3 is 1.22 bits per heavy atom. The summed E-state index contributed by atoms with van der Waals surface area (Å²) in [7, 11) is 2.56. The molecular formula is C51H58Cl4N2O10. The van der Waals surface area contributed by atoms with Gasteiger partial charge in [0.2, 0.25) is 0 Å². The van der Waals surface area contributed by atoms with E-state index in [1.54, 1.807) is 72.2 Å². The minimum atomic E-state index is -1.47. The van der Waals surface area contributed by atoms with Crippen molar-refractivity contribution < 1.29 is 48.3 Å². The number of rotatable bonds is 14. The topological polar surface area (TPSA) is 152 Å². The molecule has 0 radical (unpaired) electrons. The van der Waals surface area contributed by atoms with Crippen molar-refractivity contribution in [3.05, 3.63) is 139 Å². The molecular weight excluding hydrogens is 942 g/mol. The largest absolute Gasteiger partial charge is 0.469 e. The Balaban J connectivity index is 0.000000218. The van der Waals surface area contributed by atoms with Crippen LogP contribution < -0.4 is 0 Å². The number of hydrogen-bond donors (Lipinski definition) is 2. The van der Waals surface area contributed by atoms with Gasteiger partial charge < -0.3 is 39.0 Å². The van der Waals surface area contributed by atoms with Crippen LogP contribution in [-0.4, -0.2) is 94.5 Å². The van der Waals surface area contributed by atoms with Crippen LogP contribution in [-0.2, 0) is 38.1 Å². The molecule has 4 aromatic rings. The van der Waals surface area contributed by atoms with Crippen molar-refractivity contribution in [1.82, 2.24) is 9.80 Å². The molecule has 2 heterocycles. The fourth-order valence-electron chi connectivity index (χ4n) is 9.27. The van der Waals surface area contributed by atoms with E-state index in [1.165, 1.54) is 14.2 Å². The predicted molar refractivity (Wildman–Crippen MR) is 257 cm³/mol. The Morgan fingerprint density at radius 1 is 0.597 bits per heavy atom. The number of methoxy groups -OCH3 is 2. The molecule has 2 saturated carbocycles. The lowest BCUT2D eigenvalue weighted by Crippen LogP contribution is -2.61. The van der Waals surface area contributed by atoms with E-state index in [9.17, 15) is 29.4 Å². The van der Waals surface area contributed by atoms with Gasteiger partial charge in [0, 0.05) is 20.1 Å². The predicted octanol–water partition coefficient (Wildman–Crippen LogP) is 10.1. The third-order valence-electron chi connectivity index (χ3n) is 12.9. The Labute approximate surface area is 412 Å². The van der Waals surface area contributed by atoms with Gasteiger partial charge >= 0.3 is 11.9 Å². The molecule has 4 fully saturated rings. The summed E-state index contributed by atoms with van der Waals surface area (Å²) >= 11 is 24.9. The summed E-state index contributed by atoms with van der Waals surface area (Å²) < 4.78 is 22.6. The third-order valence-corrected chi connectivity index (χ3v) is 13.9. The fourth-order valence-corrected chi connectivity index (χ4v) is 9.92. The number of aliphatic hydroxyl groups excluding tert-OH is 2. The van der Waals surface area contributed by atoms with Crippen molar-refractivity contribution in [2.24, 2.45) is 11.8 Å². The second kappa shape index (κ2) is 22.0. The summed E-state index contributed by atoms with van der Waals surface area (Å²) in [6, 6.07) is 27.2. The van der Waals surface area contributed by atoms with Gasteiger partial charge in [0.1, 0.15) is 12.2 Å². The monoisotopic (exact) mass is 998 g/mol. The molecule has 8 atom stereocenters. The molecule has 4 aliphatic rings. The first-order valence-corrected chi connectivity index (χ1v) is 23.4. The van der Waals surface area contributed by atoms with Crippen LogP contribution in [0, 0.1) is 11.8 Å². The lowest BCUT2D eigenvalue weighted by molar-refractivity contribution is -0.209. The zero-order valence-electron chi connectivity index (χ0n) is 37.1. The quantitative estimate of drug-likeness (QED) is 0.117. The van der Waals surface area contributed by atoms with Gasteiger partial charge in [-0.3, -0.25) is 19.2 Å². The average Bonchev–Trinajstić information content (AvgIpc) is 4.25. The molecule has 0 aromatic heterocycles. The lowest BCUT2D eigenvalue weighted by atomic mass is 9.85. The van der Waals surface area contributed by atoms with Crippen LogP contribution in [0.5, 0.6) is 0 Å². The van der Waals surface area contributed by atoms with Gasteiger partial charge in [0.25, 0.3) is 11.8 Å². The van der Waals surface area contributed by atoms with E-state index < -0.39 is 59.5 Å². The standard InChI is InChI=1S/2C25H27Cl2NO5.CH4/c2*1-25(13-21(30)32-2)24(31)28(20(14-29)15-6-7-15)22(16-8-10-18(26)11-9-16)23(33-25)17-4-3-5-19(27)12-17;/h2*3-5,8-12,15,20,22-23,29H,6-7,13-14H2,1-2H3;1H4/t20-,22-,23-,25+;20-,22-,23-,25-;/m11./s1. The molecule has 16 heteroatoms. The number of aliphatic hydroxyl groups is 2. The molecule has 8 rings (SSSR count). The molecule has 2 saturated heterocycles. The van der Waals surface area contributed by atoms with Crippen LogP contribution in [0.15, 0.2) is 97.1 Å². The lowest BCUT2D eigenvalue weighted by Gasteiger charge is -2.51. The van der Waals surface area contributed by atoms with E-state index >= 15 is 0 Å². The Morgan fingerprint density at radius 2 is 0.940 bits per heavy atom. The highest BCUT2D eigenvalue weighted by atomic mass is 35.5. The number of carbonyl (C=O) groups excluding carboxylic acids is 4. The molecule has 12 nitrogen and oxygen atoms in total. The van der Waals surface area contributed by atoms with Crippen molar-refractivity contribution in [2.75, 3.05) is 27.4 Å². The van der Waals surface area contributed by atoms with E-state index in [0.717, 1.165) is 47.9 Å². The molecule has 67 heavy (non-hydrogen) atoms. The molecule has 360 valence electrons. The number of nitrogens with zero attached hydrogens (tertiary/aromatic N) is 2. The van der Waals surface area contributed by atoms with Gasteiger partial charge in [0.15, 0.2) is 11.2 Å². The van der Waals surface area contributed by atoms with Gasteiger partial charge in [-0.25, -0.2) is 0 Å². The maximum Gasteiger partial charge on any atom is 0.308 e. The zero-order valence-corrected chi connectivity index (χ0v) is 40.1. The highest BCUT2D eigenvalue weighted by molar-refractivity contribution is 6.31. The smallest absolute Gasteiger partial charge is 0.308 e. The Bertz CT molecular complexity index is 2220. The number of hydrogen-bond acceptors (Lipinski definition) is 10.